The first kappa shape index (κ1) is 24.0. The molecule has 36 heavy (non-hydrogen) atoms. The second-order valence-corrected chi connectivity index (χ2v) is 9.43. The quantitative estimate of drug-likeness (QED) is 0.179. The van der Waals surface area contributed by atoms with Gasteiger partial charge in [0.1, 0.15) is 11.3 Å². The molecule has 0 aliphatic carbocycles. The monoisotopic (exact) mass is 609 g/mol. The summed E-state index contributed by atoms with van der Waals surface area (Å²) in [5.74, 6) is 0.674. The van der Waals surface area contributed by atoms with Crippen LogP contribution < -0.4 is 10.3 Å². The number of esters is 1. The summed E-state index contributed by atoms with van der Waals surface area (Å²) in [6.45, 7) is -0.210. The van der Waals surface area contributed by atoms with E-state index >= 15 is 0 Å². The maximum absolute atomic E-state index is 13.4. The van der Waals surface area contributed by atoms with E-state index in [9.17, 15) is 9.59 Å². The number of nitrogens with zero attached hydrogens (tertiary/aromatic N) is 3. The molecule has 0 atom stereocenters. The molecule has 10 heteroatoms. The van der Waals surface area contributed by atoms with Gasteiger partial charge in [-0.1, -0.05) is 28.1 Å². The van der Waals surface area contributed by atoms with Crippen LogP contribution in [0, 0.1) is 0 Å². The molecule has 0 amide bonds. The van der Waals surface area contributed by atoms with E-state index in [1.54, 1.807) is 36.4 Å². The van der Waals surface area contributed by atoms with Gasteiger partial charge in [-0.25, -0.2) is 9.78 Å². The third-order valence-corrected chi connectivity index (χ3v) is 6.42. The smallest absolute Gasteiger partial charge is 0.343 e. The van der Waals surface area contributed by atoms with Crippen LogP contribution in [0.1, 0.15) is 5.56 Å². The molecule has 2 aromatic heterocycles. The Morgan fingerprint density at radius 2 is 1.94 bits per heavy atom. The zero-order chi connectivity index (χ0) is 25.2. The molecule has 0 aliphatic heterocycles. The molecule has 0 N–H and O–H groups in total. The number of benzene rings is 3. The van der Waals surface area contributed by atoms with E-state index in [1.807, 2.05) is 30.3 Å². The largest absolute Gasteiger partial charge is 0.481 e. The molecule has 0 spiro atoms. The standard InChI is InChI=1S/C26H17Br2N3O5/c1-34-24(32)14-35-22-8-6-15(10-19(22)28)13-29-31-25(30-20-5-3-2-4-18(20)26(31)33)23-12-16-11-17(27)7-9-21(16)36-23/h2-13H,14H2,1H3. The molecule has 0 aliphatic rings. The summed E-state index contributed by atoms with van der Waals surface area (Å²) in [7, 11) is 1.29. The predicted molar refractivity (Wildman–Crippen MR) is 144 cm³/mol. The number of para-hydroxylation sites is 1. The molecule has 0 unspecified atom stereocenters. The van der Waals surface area contributed by atoms with Gasteiger partial charge in [0.25, 0.3) is 5.56 Å². The van der Waals surface area contributed by atoms with Crippen LogP contribution in [0.15, 0.2) is 90.0 Å². The number of carbonyl (C=O) groups is 1. The fourth-order valence-corrected chi connectivity index (χ4v) is 4.44. The SMILES string of the molecule is COC(=O)COc1ccc(C=Nn2c(-c3cc4cc(Br)ccc4o3)nc3ccccc3c2=O)cc1Br. The molecular formula is C26H17Br2N3O5. The number of fused-ring (bicyclic) bond motifs is 2. The number of aromatic nitrogens is 2. The first-order valence-electron chi connectivity index (χ1n) is 10.7. The highest BCUT2D eigenvalue weighted by Gasteiger charge is 2.16. The lowest BCUT2D eigenvalue weighted by Crippen LogP contribution is -2.20. The van der Waals surface area contributed by atoms with E-state index < -0.39 is 5.97 Å². The zero-order valence-electron chi connectivity index (χ0n) is 18.8. The molecule has 0 fully saturated rings. The minimum absolute atomic E-state index is 0.210. The molecular weight excluding hydrogens is 594 g/mol. The second-order valence-electron chi connectivity index (χ2n) is 7.66. The molecule has 8 nitrogen and oxygen atoms in total. The van der Waals surface area contributed by atoms with Crippen molar-refractivity contribution in [2.75, 3.05) is 13.7 Å². The van der Waals surface area contributed by atoms with Crippen LogP contribution >= 0.6 is 31.9 Å². The molecule has 2 heterocycles. The van der Waals surface area contributed by atoms with E-state index in [1.165, 1.54) is 18.0 Å². The van der Waals surface area contributed by atoms with Crippen molar-refractivity contribution in [2.24, 2.45) is 5.10 Å². The van der Waals surface area contributed by atoms with Crippen LogP contribution in [0.4, 0.5) is 0 Å². The van der Waals surface area contributed by atoms with Crippen molar-refractivity contribution in [1.29, 1.82) is 0 Å². The Bertz CT molecular complexity index is 1710. The highest BCUT2D eigenvalue weighted by Crippen LogP contribution is 2.29. The number of carbonyl (C=O) groups excluding carboxylic acids is 1. The Hall–Kier alpha value is -3.76. The minimum Gasteiger partial charge on any atom is -0.481 e. The van der Waals surface area contributed by atoms with Gasteiger partial charge in [-0.3, -0.25) is 4.79 Å². The molecule has 180 valence electrons. The Morgan fingerprint density at radius 1 is 1.11 bits per heavy atom. The number of hydrogen-bond acceptors (Lipinski definition) is 7. The molecule has 0 saturated heterocycles. The third kappa shape index (κ3) is 4.82. The van der Waals surface area contributed by atoms with E-state index in [0.29, 0.717) is 38.0 Å². The van der Waals surface area contributed by atoms with Gasteiger partial charge in [0.05, 0.1) is 28.7 Å². The molecule has 0 radical (unpaired) electrons. The first-order valence-corrected chi connectivity index (χ1v) is 12.3. The Kier molecular flexibility index (Phi) is 6.71. The number of hydrogen-bond donors (Lipinski definition) is 0. The lowest BCUT2D eigenvalue weighted by Gasteiger charge is -2.08. The van der Waals surface area contributed by atoms with Crippen LogP contribution in [-0.4, -0.2) is 35.6 Å². The van der Waals surface area contributed by atoms with Crippen molar-refractivity contribution in [2.45, 2.75) is 0 Å². The van der Waals surface area contributed by atoms with Crippen LogP contribution in [0.25, 0.3) is 33.5 Å². The molecule has 3 aromatic carbocycles. The molecule has 5 rings (SSSR count). The summed E-state index contributed by atoms with van der Waals surface area (Å²) >= 11 is 6.90. The van der Waals surface area contributed by atoms with E-state index in [-0.39, 0.29) is 18.0 Å². The first-order chi connectivity index (χ1) is 17.4. The number of rotatable bonds is 6. The number of ether oxygens (including phenoxy) is 2. The minimum atomic E-state index is -0.485. The Balaban J connectivity index is 1.57. The average Bonchev–Trinajstić information content (AvgIpc) is 3.30. The topological polar surface area (TPSA) is 95.9 Å². The van der Waals surface area contributed by atoms with Crippen molar-refractivity contribution >= 4 is 65.9 Å². The molecule has 0 saturated carbocycles. The van der Waals surface area contributed by atoms with Crippen molar-refractivity contribution in [3.05, 3.63) is 91.6 Å². The summed E-state index contributed by atoms with van der Waals surface area (Å²) < 4.78 is 18.8. The van der Waals surface area contributed by atoms with Crippen molar-refractivity contribution in [1.82, 2.24) is 9.66 Å². The fraction of sp³-hybridized carbons (Fsp3) is 0.0769. The van der Waals surface area contributed by atoms with Crippen molar-refractivity contribution < 1.29 is 18.7 Å². The van der Waals surface area contributed by atoms with Gasteiger partial charge >= 0.3 is 5.97 Å². The van der Waals surface area contributed by atoms with Gasteiger partial charge in [-0.2, -0.15) is 9.78 Å². The van der Waals surface area contributed by atoms with Crippen LogP contribution in [0.3, 0.4) is 0 Å². The van der Waals surface area contributed by atoms with Gasteiger partial charge in [-0.15, -0.1) is 0 Å². The van der Waals surface area contributed by atoms with E-state index in [0.717, 1.165) is 9.86 Å². The van der Waals surface area contributed by atoms with Crippen LogP contribution in [0.2, 0.25) is 0 Å². The van der Waals surface area contributed by atoms with Crippen LogP contribution in [0.5, 0.6) is 5.75 Å². The number of methoxy groups -OCH3 is 1. The lowest BCUT2D eigenvalue weighted by atomic mass is 10.2. The van der Waals surface area contributed by atoms with Crippen molar-refractivity contribution in [3.63, 3.8) is 0 Å². The third-order valence-electron chi connectivity index (χ3n) is 5.30. The Morgan fingerprint density at radius 3 is 2.75 bits per heavy atom. The summed E-state index contributed by atoms with van der Waals surface area (Å²) in [5.41, 5.74) is 1.57. The van der Waals surface area contributed by atoms with Gasteiger partial charge in [0, 0.05) is 9.86 Å². The van der Waals surface area contributed by atoms with Gasteiger partial charge < -0.3 is 13.9 Å². The highest BCUT2D eigenvalue weighted by molar-refractivity contribution is 9.10. The maximum Gasteiger partial charge on any atom is 0.343 e. The molecule has 5 aromatic rings. The summed E-state index contributed by atoms with van der Waals surface area (Å²) in [4.78, 5) is 29.4. The predicted octanol–water partition coefficient (Wildman–Crippen LogP) is 5.77. The summed E-state index contributed by atoms with van der Waals surface area (Å²) in [5, 5.41) is 5.76. The number of furan rings is 1. The van der Waals surface area contributed by atoms with Crippen molar-refractivity contribution in [3.8, 4) is 17.3 Å². The van der Waals surface area contributed by atoms with E-state index in [4.69, 9.17) is 9.15 Å². The number of halogens is 2. The van der Waals surface area contributed by atoms with Gasteiger partial charge in [-0.05, 0) is 76.1 Å². The second kappa shape index (κ2) is 10.1. The Labute approximate surface area is 221 Å². The van der Waals surface area contributed by atoms with Crippen LogP contribution in [-0.2, 0) is 9.53 Å². The van der Waals surface area contributed by atoms with Gasteiger partial charge in [0.15, 0.2) is 12.4 Å². The normalized spacial score (nSPS) is 11.4. The maximum atomic E-state index is 13.4. The zero-order valence-corrected chi connectivity index (χ0v) is 21.9. The van der Waals surface area contributed by atoms with E-state index in [2.05, 4.69) is 46.7 Å². The van der Waals surface area contributed by atoms with Gasteiger partial charge in [0.2, 0.25) is 5.82 Å². The summed E-state index contributed by atoms with van der Waals surface area (Å²) in [6.07, 6.45) is 1.54. The summed E-state index contributed by atoms with van der Waals surface area (Å²) in [6, 6.07) is 19.8. The lowest BCUT2D eigenvalue weighted by molar-refractivity contribution is -0.142. The average molecular weight is 611 g/mol. The fourth-order valence-electron chi connectivity index (χ4n) is 3.55. The highest BCUT2D eigenvalue weighted by atomic mass is 79.9. The molecule has 0 bridgehead atoms.